The number of nitrogens with zero attached hydrogens (tertiary/aromatic N) is 2. The average molecular weight is 279 g/mol. The molecule has 0 bridgehead atoms. The molecular formula is C12H13N3O3S. The number of thioether (sulfide) groups is 1. The zero-order chi connectivity index (χ0) is 13.7. The minimum atomic E-state index is -1.03. The first-order valence-corrected chi connectivity index (χ1v) is 6.93. The number of aromatic nitrogens is 2. The van der Waals surface area contributed by atoms with Gasteiger partial charge in [0, 0.05) is 12.4 Å². The molecule has 0 aromatic carbocycles. The zero-order valence-corrected chi connectivity index (χ0v) is 11.1. The van der Waals surface area contributed by atoms with Gasteiger partial charge in [-0.2, -0.15) is 11.8 Å². The molecule has 100 valence electrons. The van der Waals surface area contributed by atoms with E-state index in [4.69, 9.17) is 4.42 Å². The van der Waals surface area contributed by atoms with Gasteiger partial charge in [0.1, 0.15) is 17.3 Å². The van der Waals surface area contributed by atoms with E-state index >= 15 is 0 Å². The fourth-order valence-corrected chi connectivity index (χ4v) is 1.99. The molecule has 2 N–H and O–H groups in total. The van der Waals surface area contributed by atoms with Crippen molar-refractivity contribution in [2.75, 3.05) is 11.6 Å². The molecule has 7 heteroatoms. The van der Waals surface area contributed by atoms with Gasteiger partial charge in [-0.25, -0.2) is 9.78 Å². The molecule has 0 aliphatic rings. The molecule has 6 nitrogen and oxygen atoms in total. The van der Waals surface area contributed by atoms with E-state index in [-0.39, 0.29) is 0 Å². The molecule has 2 heterocycles. The summed E-state index contributed by atoms with van der Waals surface area (Å²) < 4.78 is 5.51. The number of rotatable bonds is 6. The first kappa shape index (κ1) is 13.4. The van der Waals surface area contributed by atoms with Crippen molar-refractivity contribution < 1.29 is 14.3 Å². The van der Waals surface area contributed by atoms with Gasteiger partial charge >= 0.3 is 5.97 Å². The molecule has 2 rings (SSSR count). The topological polar surface area (TPSA) is 88.2 Å². The maximum Gasteiger partial charge on any atom is 0.334 e. The summed E-state index contributed by atoms with van der Waals surface area (Å²) in [7, 11) is 0. The van der Waals surface area contributed by atoms with Gasteiger partial charge in [-0.1, -0.05) is 0 Å². The smallest absolute Gasteiger partial charge is 0.334 e. The molecule has 0 saturated carbocycles. The summed E-state index contributed by atoms with van der Waals surface area (Å²) >= 11 is 1.61. The van der Waals surface area contributed by atoms with Crippen LogP contribution in [0.15, 0.2) is 35.1 Å². The molecule has 2 aromatic rings. The van der Waals surface area contributed by atoms with Gasteiger partial charge in [-0.15, -0.1) is 0 Å². The molecular weight excluding hydrogens is 266 g/mol. The van der Waals surface area contributed by atoms with Crippen LogP contribution in [0.1, 0.15) is 17.6 Å². The maximum absolute atomic E-state index is 11.3. The summed E-state index contributed by atoms with van der Waals surface area (Å²) in [5, 5.41) is 12.0. The average Bonchev–Trinajstić information content (AvgIpc) is 2.85. The van der Waals surface area contributed by atoms with Gasteiger partial charge in [-0.05, 0) is 18.4 Å². The van der Waals surface area contributed by atoms with Crippen molar-refractivity contribution in [2.45, 2.75) is 11.8 Å². The number of aliphatic carboxylic acids is 1. The number of carboxylic acids is 1. The first-order valence-electron chi connectivity index (χ1n) is 5.53. The third-order valence-electron chi connectivity index (χ3n) is 2.36. The summed E-state index contributed by atoms with van der Waals surface area (Å²) in [5.41, 5.74) is 0. The van der Waals surface area contributed by atoms with Crippen LogP contribution in [0.25, 0.3) is 0 Å². The fourth-order valence-electron chi connectivity index (χ4n) is 1.55. The number of hydrogen-bond acceptors (Lipinski definition) is 6. The number of nitrogens with one attached hydrogen (secondary N) is 1. The monoisotopic (exact) mass is 279 g/mol. The molecule has 0 radical (unpaired) electrons. The minimum absolute atomic E-state index is 0.349. The van der Waals surface area contributed by atoms with E-state index in [2.05, 4.69) is 15.3 Å². The van der Waals surface area contributed by atoms with Crippen LogP contribution in [0.4, 0.5) is 5.82 Å². The van der Waals surface area contributed by atoms with Crippen LogP contribution in [0.5, 0.6) is 0 Å². The van der Waals surface area contributed by atoms with E-state index in [1.54, 1.807) is 23.9 Å². The highest BCUT2D eigenvalue weighted by atomic mass is 32.2. The Morgan fingerprint density at radius 1 is 1.53 bits per heavy atom. The Balaban J connectivity index is 2.17. The summed E-state index contributed by atoms with van der Waals surface area (Å²) in [6.07, 6.45) is 6.42. The Morgan fingerprint density at radius 2 is 2.37 bits per heavy atom. The molecule has 0 amide bonds. The predicted octanol–water partition coefficient (Wildman–Crippen LogP) is 2.17. The first-order chi connectivity index (χ1) is 9.20. The number of carbonyl (C=O) groups is 1. The lowest BCUT2D eigenvalue weighted by Gasteiger charge is -2.12. The Labute approximate surface area is 114 Å². The molecule has 2 aromatic heterocycles. The molecule has 0 aliphatic carbocycles. The highest BCUT2D eigenvalue weighted by Gasteiger charge is 2.23. The number of carboxylic acid groups (broad SMARTS) is 1. The van der Waals surface area contributed by atoms with Crippen molar-refractivity contribution in [1.29, 1.82) is 0 Å². The maximum atomic E-state index is 11.3. The van der Waals surface area contributed by atoms with Crippen molar-refractivity contribution in [2.24, 2.45) is 0 Å². The van der Waals surface area contributed by atoms with Crippen LogP contribution >= 0.6 is 11.8 Å². The summed E-state index contributed by atoms with van der Waals surface area (Å²) in [4.78, 5) is 19.2. The molecule has 0 aliphatic heterocycles. The normalized spacial score (nSPS) is 12.1. The van der Waals surface area contributed by atoms with Gasteiger partial charge < -0.3 is 14.8 Å². The lowest BCUT2D eigenvalue weighted by Crippen LogP contribution is -2.20. The van der Waals surface area contributed by atoms with Crippen molar-refractivity contribution in [1.82, 2.24) is 9.97 Å². The van der Waals surface area contributed by atoms with Crippen molar-refractivity contribution >= 4 is 23.5 Å². The quantitative estimate of drug-likeness (QED) is 0.837. The van der Waals surface area contributed by atoms with Crippen molar-refractivity contribution in [3.63, 3.8) is 0 Å². The standard InChI is InChI=1S/C12H13N3O3S/c1-19-7-8-2-3-9(18-8)11(12(16)17)15-10-6-13-4-5-14-10/h2-6,11H,7H2,1H3,(H,14,15)(H,16,17). The number of hydrogen-bond donors (Lipinski definition) is 2. The van der Waals surface area contributed by atoms with Gasteiger partial charge in [0.15, 0.2) is 6.04 Å². The Morgan fingerprint density at radius 3 is 3.00 bits per heavy atom. The fraction of sp³-hybridized carbons (Fsp3) is 0.250. The minimum Gasteiger partial charge on any atom is -0.479 e. The van der Waals surface area contributed by atoms with Crippen LogP contribution in [-0.4, -0.2) is 27.3 Å². The summed E-state index contributed by atoms with van der Waals surface area (Å²) in [6.45, 7) is 0. The highest BCUT2D eigenvalue weighted by Crippen LogP contribution is 2.22. The number of furan rings is 1. The van der Waals surface area contributed by atoms with Crippen LogP contribution in [0.2, 0.25) is 0 Å². The second kappa shape index (κ2) is 6.24. The lowest BCUT2D eigenvalue weighted by atomic mass is 10.2. The largest absolute Gasteiger partial charge is 0.479 e. The van der Waals surface area contributed by atoms with E-state index < -0.39 is 12.0 Å². The van der Waals surface area contributed by atoms with Gasteiger partial charge in [0.05, 0.1) is 11.9 Å². The van der Waals surface area contributed by atoms with Crippen LogP contribution in [-0.2, 0) is 10.5 Å². The Bertz CT molecular complexity index is 544. The van der Waals surface area contributed by atoms with E-state index in [0.29, 0.717) is 17.3 Å². The Kier molecular flexibility index (Phi) is 4.40. The van der Waals surface area contributed by atoms with E-state index in [9.17, 15) is 9.90 Å². The van der Waals surface area contributed by atoms with E-state index in [0.717, 1.165) is 5.76 Å². The van der Waals surface area contributed by atoms with Crippen LogP contribution in [0.3, 0.4) is 0 Å². The SMILES string of the molecule is CSCc1ccc(C(Nc2cnccn2)C(=O)O)o1. The molecule has 0 saturated heterocycles. The molecule has 0 fully saturated rings. The Hall–Kier alpha value is -2.02. The van der Waals surface area contributed by atoms with Crippen molar-refractivity contribution in [3.8, 4) is 0 Å². The lowest BCUT2D eigenvalue weighted by molar-refractivity contribution is -0.138. The molecule has 1 atom stereocenters. The van der Waals surface area contributed by atoms with Gasteiger partial charge in [-0.3, -0.25) is 4.98 Å². The summed E-state index contributed by atoms with van der Waals surface area (Å²) in [6, 6.07) is 2.46. The van der Waals surface area contributed by atoms with E-state index in [1.807, 2.05) is 6.26 Å². The molecule has 0 spiro atoms. The summed E-state index contributed by atoms with van der Waals surface area (Å²) in [5.74, 6) is 1.16. The third kappa shape index (κ3) is 3.47. The number of anilines is 1. The zero-order valence-electron chi connectivity index (χ0n) is 10.2. The van der Waals surface area contributed by atoms with Gasteiger partial charge in [0.2, 0.25) is 0 Å². The highest BCUT2D eigenvalue weighted by molar-refractivity contribution is 7.97. The molecule has 1 unspecified atom stereocenters. The third-order valence-corrected chi connectivity index (χ3v) is 2.93. The van der Waals surface area contributed by atoms with E-state index in [1.165, 1.54) is 18.6 Å². The van der Waals surface area contributed by atoms with Gasteiger partial charge in [0.25, 0.3) is 0 Å². The predicted molar refractivity (Wildman–Crippen MR) is 72.0 cm³/mol. The van der Waals surface area contributed by atoms with Crippen molar-refractivity contribution in [3.05, 3.63) is 42.2 Å². The second-order valence-corrected chi connectivity index (χ2v) is 4.61. The van der Waals surface area contributed by atoms with Crippen LogP contribution < -0.4 is 5.32 Å². The molecule has 19 heavy (non-hydrogen) atoms. The van der Waals surface area contributed by atoms with Crippen LogP contribution in [0, 0.1) is 0 Å². The second-order valence-electron chi connectivity index (χ2n) is 3.74.